The summed E-state index contributed by atoms with van der Waals surface area (Å²) in [7, 11) is 0. The normalized spacial score (nSPS) is 23.5. The molecule has 10 heteroatoms. The van der Waals surface area contributed by atoms with E-state index in [0.717, 1.165) is 71.6 Å². The smallest absolute Gasteiger partial charge is 0.475 e. The van der Waals surface area contributed by atoms with Gasteiger partial charge >= 0.3 is 12.1 Å². The van der Waals surface area contributed by atoms with Gasteiger partial charge in [-0.1, -0.05) is 6.07 Å². The number of aliphatic carboxylic acids is 1. The molecule has 7 nitrogen and oxygen atoms in total. The Bertz CT molecular complexity index is 748. The van der Waals surface area contributed by atoms with E-state index in [0.29, 0.717) is 5.91 Å². The summed E-state index contributed by atoms with van der Waals surface area (Å²) in [4.78, 5) is 30.9. The minimum Gasteiger partial charge on any atom is -0.475 e. The lowest BCUT2D eigenvalue weighted by Crippen LogP contribution is -2.45. The number of carboxylic acids is 1. The first kappa shape index (κ1) is 23.5. The number of amides is 1. The highest BCUT2D eigenvalue weighted by molar-refractivity contribution is 5.80. The summed E-state index contributed by atoms with van der Waals surface area (Å²) in [6.07, 6.45) is 3.02. The van der Waals surface area contributed by atoms with E-state index in [-0.39, 0.29) is 11.3 Å². The van der Waals surface area contributed by atoms with Gasteiger partial charge in [-0.3, -0.25) is 14.7 Å². The Labute approximate surface area is 179 Å². The number of halogens is 3. The minimum atomic E-state index is -5.08. The molecule has 0 aromatic carbocycles. The third-order valence-corrected chi connectivity index (χ3v) is 6.29. The van der Waals surface area contributed by atoms with Crippen LogP contribution in [0.2, 0.25) is 0 Å². The van der Waals surface area contributed by atoms with Gasteiger partial charge in [-0.2, -0.15) is 13.2 Å². The third-order valence-electron chi connectivity index (χ3n) is 6.29. The second-order valence-electron chi connectivity index (χ2n) is 8.39. The topological polar surface area (TPSA) is 83.0 Å². The van der Waals surface area contributed by atoms with Gasteiger partial charge in [-0.25, -0.2) is 4.79 Å². The van der Waals surface area contributed by atoms with Crippen LogP contribution in [0, 0.1) is 11.3 Å². The van der Waals surface area contributed by atoms with E-state index in [1.54, 1.807) is 0 Å². The Morgan fingerprint density at radius 2 is 1.87 bits per heavy atom. The van der Waals surface area contributed by atoms with Crippen molar-refractivity contribution in [1.82, 2.24) is 14.8 Å². The second kappa shape index (κ2) is 9.95. The molecule has 0 bridgehead atoms. The predicted octanol–water partition coefficient (Wildman–Crippen LogP) is 2.57. The zero-order valence-corrected chi connectivity index (χ0v) is 17.3. The maximum Gasteiger partial charge on any atom is 0.490 e. The Kier molecular flexibility index (Phi) is 7.53. The third kappa shape index (κ3) is 5.94. The van der Waals surface area contributed by atoms with Gasteiger partial charge in [0.2, 0.25) is 5.91 Å². The van der Waals surface area contributed by atoms with Gasteiger partial charge < -0.3 is 14.7 Å². The van der Waals surface area contributed by atoms with Crippen molar-refractivity contribution < 1.29 is 32.6 Å². The molecular weight excluding hydrogens is 415 g/mol. The molecule has 0 radical (unpaired) electrons. The van der Waals surface area contributed by atoms with Crippen LogP contribution in [0.15, 0.2) is 24.5 Å². The van der Waals surface area contributed by atoms with Crippen LogP contribution in [0.3, 0.4) is 0 Å². The first-order chi connectivity index (χ1) is 14.7. The number of carbonyl (C=O) groups is 2. The lowest BCUT2D eigenvalue weighted by Gasteiger charge is -2.38. The van der Waals surface area contributed by atoms with Crippen molar-refractivity contribution in [3.8, 4) is 0 Å². The number of hydrogen-bond donors (Lipinski definition) is 1. The first-order valence-electron chi connectivity index (χ1n) is 10.5. The van der Waals surface area contributed by atoms with Gasteiger partial charge in [-0.15, -0.1) is 0 Å². The summed E-state index contributed by atoms with van der Waals surface area (Å²) in [5, 5.41) is 7.12. The molecule has 31 heavy (non-hydrogen) atoms. The van der Waals surface area contributed by atoms with Gasteiger partial charge in [-0.05, 0) is 37.3 Å². The Morgan fingerprint density at radius 1 is 1.23 bits per heavy atom. The molecule has 0 saturated carbocycles. The molecule has 3 aliphatic heterocycles. The highest BCUT2D eigenvalue weighted by Crippen LogP contribution is 2.45. The molecule has 1 amide bonds. The average molecular weight is 443 g/mol. The molecule has 0 aliphatic carbocycles. The van der Waals surface area contributed by atoms with Gasteiger partial charge in [0.05, 0.1) is 5.92 Å². The van der Waals surface area contributed by atoms with Gasteiger partial charge in [0.1, 0.15) is 0 Å². The van der Waals surface area contributed by atoms with Crippen LogP contribution in [0.1, 0.15) is 31.2 Å². The molecule has 3 fully saturated rings. The maximum atomic E-state index is 13.2. The van der Waals surface area contributed by atoms with Crippen molar-refractivity contribution in [2.45, 2.75) is 38.4 Å². The lowest BCUT2D eigenvalue weighted by atomic mass is 9.71. The van der Waals surface area contributed by atoms with Crippen LogP contribution in [0.4, 0.5) is 13.2 Å². The van der Waals surface area contributed by atoms with E-state index in [9.17, 15) is 18.0 Å². The number of rotatable bonds is 3. The van der Waals surface area contributed by atoms with Crippen LogP contribution in [-0.2, 0) is 20.9 Å². The molecule has 1 spiro atoms. The zero-order chi connectivity index (χ0) is 22.5. The summed E-state index contributed by atoms with van der Waals surface area (Å²) in [5.41, 5.74) is 1.34. The largest absolute Gasteiger partial charge is 0.490 e. The van der Waals surface area contributed by atoms with Crippen molar-refractivity contribution in [3.63, 3.8) is 0 Å². The van der Waals surface area contributed by atoms with Crippen LogP contribution in [-0.4, -0.2) is 77.3 Å². The number of aromatic nitrogens is 1. The van der Waals surface area contributed by atoms with E-state index in [4.69, 9.17) is 14.6 Å². The fourth-order valence-electron chi connectivity index (χ4n) is 4.72. The van der Waals surface area contributed by atoms with E-state index >= 15 is 0 Å². The standard InChI is InChI=1S/C19H27N3O2.C2HF3O2/c23-18(22-8-1-2-9-22)17-14-21(13-16-4-3-7-20-12-16)15-19(17)5-10-24-11-6-19;3-2(4,5)1(6)7/h3-4,7,12,17H,1-2,5-6,8-11,13-15H2;(H,6,7). The van der Waals surface area contributed by atoms with Gasteiger partial charge in [0, 0.05) is 63.7 Å². The molecule has 1 aromatic heterocycles. The maximum absolute atomic E-state index is 13.2. The number of ether oxygens (including phenoxy) is 1. The molecule has 4 heterocycles. The number of hydrogen-bond acceptors (Lipinski definition) is 5. The first-order valence-corrected chi connectivity index (χ1v) is 10.5. The molecule has 1 unspecified atom stereocenters. The van der Waals surface area contributed by atoms with Crippen molar-refractivity contribution in [2.24, 2.45) is 11.3 Å². The predicted molar refractivity (Wildman–Crippen MR) is 105 cm³/mol. The zero-order valence-electron chi connectivity index (χ0n) is 17.3. The monoisotopic (exact) mass is 443 g/mol. The highest BCUT2D eigenvalue weighted by Gasteiger charge is 2.51. The fourth-order valence-corrected chi connectivity index (χ4v) is 4.72. The Hall–Kier alpha value is -2.20. The van der Waals surface area contributed by atoms with E-state index < -0.39 is 12.1 Å². The van der Waals surface area contributed by atoms with E-state index in [1.165, 1.54) is 5.56 Å². The van der Waals surface area contributed by atoms with Crippen molar-refractivity contribution in [3.05, 3.63) is 30.1 Å². The summed E-state index contributed by atoms with van der Waals surface area (Å²) >= 11 is 0. The molecule has 3 saturated heterocycles. The van der Waals surface area contributed by atoms with Crippen LogP contribution in [0.5, 0.6) is 0 Å². The van der Waals surface area contributed by atoms with E-state index in [2.05, 4.69) is 20.9 Å². The summed E-state index contributed by atoms with van der Waals surface area (Å²) in [5.74, 6) is -2.23. The molecule has 1 N–H and O–H groups in total. The molecule has 1 atom stereocenters. The van der Waals surface area contributed by atoms with Gasteiger partial charge in [0.15, 0.2) is 0 Å². The number of carbonyl (C=O) groups excluding carboxylic acids is 1. The Morgan fingerprint density at radius 3 is 2.42 bits per heavy atom. The number of nitrogens with zero attached hydrogens (tertiary/aromatic N) is 3. The van der Waals surface area contributed by atoms with Crippen molar-refractivity contribution in [1.29, 1.82) is 0 Å². The second-order valence-corrected chi connectivity index (χ2v) is 8.39. The SMILES string of the molecule is O=C(C1CN(Cc2cccnc2)CC12CCOCC2)N1CCCC1.O=C(O)C(F)(F)F. The minimum absolute atomic E-state index is 0.111. The van der Waals surface area contributed by atoms with Gasteiger partial charge in [0.25, 0.3) is 0 Å². The van der Waals surface area contributed by atoms with Crippen LogP contribution in [0.25, 0.3) is 0 Å². The molecule has 172 valence electrons. The number of likely N-dealkylation sites (tertiary alicyclic amines) is 2. The summed E-state index contributed by atoms with van der Waals surface area (Å²) in [6, 6.07) is 4.11. The van der Waals surface area contributed by atoms with Crippen molar-refractivity contribution >= 4 is 11.9 Å². The lowest BCUT2D eigenvalue weighted by molar-refractivity contribution is -0.192. The van der Waals surface area contributed by atoms with E-state index in [1.807, 2.05) is 18.5 Å². The van der Waals surface area contributed by atoms with Crippen LogP contribution >= 0.6 is 0 Å². The number of pyridine rings is 1. The van der Waals surface area contributed by atoms with Crippen LogP contribution < -0.4 is 0 Å². The average Bonchev–Trinajstić information content (AvgIpc) is 3.38. The number of alkyl halides is 3. The molecule has 4 rings (SSSR count). The molecular formula is C21H28F3N3O4. The molecule has 1 aromatic rings. The molecule has 3 aliphatic rings. The quantitative estimate of drug-likeness (QED) is 0.773. The summed E-state index contributed by atoms with van der Waals surface area (Å²) < 4.78 is 37.3. The number of carboxylic acid groups (broad SMARTS) is 1. The fraction of sp³-hybridized carbons (Fsp3) is 0.667. The Balaban J connectivity index is 0.000000339. The summed E-state index contributed by atoms with van der Waals surface area (Å²) in [6.45, 7) is 6.27. The van der Waals surface area contributed by atoms with Crippen molar-refractivity contribution in [2.75, 3.05) is 39.4 Å². The highest BCUT2D eigenvalue weighted by atomic mass is 19.4.